The van der Waals surface area contributed by atoms with Crippen LogP contribution in [0.3, 0.4) is 0 Å². The molecular weight excluding hydrogens is 250 g/mol. The first-order valence-electron chi connectivity index (χ1n) is 5.19. The molecule has 4 nitrogen and oxygen atoms in total. The lowest BCUT2D eigenvalue weighted by Crippen LogP contribution is -1.95. The van der Waals surface area contributed by atoms with E-state index < -0.39 is 0 Å². The highest BCUT2D eigenvalue weighted by Gasteiger charge is 2.04. The standard InChI is InChI=1S/C13H10ClN3O/c1-18-13-5-2-9(14)6-12(13)17-11-4-3-10(7-15)16-8-11/h2-6,8,17H,1H3. The number of hydrogen-bond acceptors (Lipinski definition) is 4. The molecule has 18 heavy (non-hydrogen) atoms. The molecule has 1 aromatic carbocycles. The van der Waals surface area contributed by atoms with Crippen molar-refractivity contribution in [2.45, 2.75) is 0 Å². The SMILES string of the molecule is COc1ccc(Cl)cc1Nc1ccc(C#N)nc1. The maximum absolute atomic E-state index is 8.67. The number of aromatic nitrogens is 1. The van der Waals surface area contributed by atoms with Crippen molar-refractivity contribution in [3.63, 3.8) is 0 Å². The predicted octanol–water partition coefficient (Wildman–Crippen LogP) is 3.36. The minimum absolute atomic E-state index is 0.374. The van der Waals surface area contributed by atoms with Crippen LogP contribution in [-0.2, 0) is 0 Å². The van der Waals surface area contributed by atoms with E-state index in [-0.39, 0.29) is 0 Å². The molecule has 1 aromatic heterocycles. The lowest BCUT2D eigenvalue weighted by Gasteiger charge is -2.11. The Morgan fingerprint density at radius 2 is 2.17 bits per heavy atom. The number of nitrogens with one attached hydrogen (secondary N) is 1. The van der Waals surface area contributed by atoms with E-state index in [0.717, 1.165) is 11.4 Å². The number of halogens is 1. The monoisotopic (exact) mass is 259 g/mol. The fourth-order valence-corrected chi connectivity index (χ4v) is 1.64. The van der Waals surface area contributed by atoms with Gasteiger partial charge in [0.05, 0.1) is 24.7 Å². The number of anilines is 2. The highest BCUT2D eigenvalue weighted by molar-refractivity contribution is 6.31. The Bertz CT molecular complexity index is 590. The molecular formula is C13H10ClN3O. The van der Waals surface area contributed by atoms with Crippen LogP contribution in [0.5, 0.6) is 5.75 Å². The highest BCUT2D eigenvalue weighted by atomic mass is 35.5. The van der Waals surface area contributed by atoms with Crippen molar-refractivity contribution in [2.75, 3.05) is 12.4 Å². The summed E-state index contributed by atoms with van der Waals surface area (Å²) < 4.78 is 5.22. The van der Waals surface area contributed by atoms with E-state index in [0.29, 0.717) is 16.5 Å². The summed E-state index contributed by atoms with van der Waals surface area (Å²) in [5.41, 5.74) is 1.88. The van der Waals surface area contributed by atoms with Crippen LogP contribution in [0.25, 0.3) is 0 Å². The highest BCUT2D eigenvalue weighted by Crippen LogP contribution is 2.30. The van der Waals surface area contributed by atoms with Gasteiger partial charge in [0.2, 0.25) is 0 Å². The summed E-state index contributed by atoms with van der Waals surface area (Å²) in [6, 6.07) is 10.7. The molecule has 0 fully saturated rings. The molecule has 90 valence electrons. The lowest BCUT2D eigenvalue weighted by atomic mass is 10.2. The first-order chi connectivity index (χ1) is 8.72. The lowest BCUT2D eigenvalue weighted by molar-refractivity contribution is 0.417. The van der Waals surface area contributed by atoms with E-state index in [1.807, 2.05) is 6.07 Å². The molecule has 1 N–H and O–H groups in total. The summed E-state index contributed by atoms with van der Waals surface area (Å²) in [7, 11) is 1.59. The van der Waals surface area contributed by atoms with Crippen LogP contribution < -0.4 is 10.1 Å². The predicted molar refractivity (Wildman–Crippen MR) is 70.2 cm³/mol. The van der Waals surface area contributed by atoms with Crippen LogP contribution >= 0.6 is 11.6 Å². The van der Waals surface area contributed by atoms with E-state index in [1.54, 1.807) is 43.6 Å². The fourth-order valence-electron chi connectivity index (χ4n) is 1.47. The van der Waals surface area contributed by atoms with E-state index in [4.69, 9.17) is 21.6 Å². The Hall–Kier alpha value is -2.25. The van der Waals surface area contributed by atoms with Gasteiger partial charge in [-0.15, -0.1) is 0 Å². The molecule has 1 heterocycles. The van der Waals surface area contributed by atoms with Crippen LogP contribution in [0.2, 0.25) is 5.02 Å². The average Bonchev–Trinajstić information content (AvgIpc) is 2.40. The van der Waals surface area contributed by atoms with Gasteiger partial charge in [-0.3, -0.25) is 0 Å². The molecule has 2 rings (SSSR count). The fraction of sp³-hybridized carbons (Fsp3) is 0.0769. The van der Waals surface area contributed by atoms with Gasteiger partial charge in [0.1, 0.15) is 17.5 Å². The third-order valence-corrected chi connectivity index (χ3v) is 2.55. The van der Waals surface area contributed by atoms with Crippen molar-refractivity contribution >= 4 is 23.0 Å². The van der Waals surface area contributed by atoms with Gasteiger partial charge in [-0.05, 0) is 30.3 Å². The van der Waals surface area contributed by atoms with Gasteiger partial charge >= 0.3 is 0 Å². The molecule has 0 radical (unpaired) electrons. The van der Waals surface area contributed by atoms with Crippen molar-refractivity contribution in [2.24, 2.45) is 0 Å². The normalized spacial score (nSPS) is 9.61. The molecule has 5 heteroatoms. The Morgan fingerprint density at radius 1 is 1.33 bits per heavy atom. The maximum atomic E-state index is 8.67. The third kappa shape index (κ3) is 2.70. The van der Waals surface area contributed by atoms with E-state index in [2.05, 4.69) is 10.3 Å². The molecule has 0 unspecified atom stereocenters. The number of nitrogens with zero attached hydrogens (tertiary/aromatic N) is 2. The molecule has 0 aliphatic heterocycles. The number of ether oxygens (including phenoxy) is 1. The zero-order chi connectivity index (χ0) is 13.0. The van der Waals surface area contributed by atoms with Crippen LogP contribution in [0.4, 0.5) is 11.4 Å². The van der Waals surface area contributed by atoms with Crippen molar-refractivity contribution in [1.82, 2.24) is 4.98 Å². The summed E-state index contributed by atoms with van der Waals surface area (Å²) in [5, 5.41) is 12.4. The molecule has 0 aliphatic rings. The van der Waals surface area contributed by atoms with Gasteiger partial charge in [-0.1, -0.05) is 11.6 Å². The van der Waals surface area contributed by atoms with Crippen molar-refractivity contribution < 1.29 is 4.74 Å². The smallest absolute Gasteiger partial charge is 0.142 e. The second kappa shape index (κ2) is 5.39. The van der Waals surface area contributed by atoms with Gasteiger partial charge in [-0.25, -0.2) is 4.98 Å². The number of benzene rings is 1. The summed E-state index contributed by atoms with van der Waals surface area (Å²) in [4.78, 5) is 3.97. The van der Waals surface area contributed by atoms with Crippen LogP contribution in [0.15, 0.2) is 36.5 Å². The zero-order valence-electron chi connectivity index (χ0n) is 9.64. The number of rotatable bonds is 3. The molecule has 0 spiro atoms. The summed E-state index contributed by atoms with van der Waals surface area (Å²) in [6.07, 6.45) is 1.58. The number of methoxy groups -OCH3 is 1. The summed E-state index contributed by atoms with van der Waals surface area (Å²) >= 11 is 5.93. The first kappa shape index (κ1) is 12.2. The van der Waals surface area contributed by atoms with Crippen LogP contribution in [0, 0.1) is 11.3 Å². The van der Waals surface area contributed by atoms with Gasteiger partial charge in [0, 0.05) is 5.02 Å². The first-order valence-corrected chi connectivity index (χ1v) is 5.57. The molecule has 0 bridgehead atoms. The third-order valence-electron chi connectivity index (χ3n) is 2.32. The van der Waals surface area contributed by atoms with Gasteiger partial charge in [0.15, 0.2) is 0 Å². The Balaban J connectivity index is 2.27. The second-order valence-corrected chi connectivity index (χ2v) is 3.95. The molecule has 0 aliphatic carbocycles. The van der Waals surface area contributed by atoms with E-state index >= 15 is 0 Å². The zero-order valence-corrected chi connectivity index (χ0v) is 10.4. The number of nitriles is 1. The average molecular weight is 260 g/mol. The molecule has 0 saturated heterocycles. The van der Waals surface area contributed by atoms with Crippen LogP contribution in [-0.4, -0.2) is 12.1 Å². The Labute approximate surface area is 110 Å². The Morgan fingerprint density at radius 3 is 2.78 bits per heavy atom. The minimum Gasteiger partial charge on any atom is -0.495 e. The molecule has 0 atom stereocenters. The van der Waals surface area contributed by atoms with Gasteiger partial charge in [-0.2, -0.15) is 5.26 Å². The van der Waals surface area contributed by atoms with Crippen molar-refractivity contribution in [3.8, 4) is 11.8 Å². The number of pyridine rings is 1. The van der Waals surface area contributed by atoms with Gasteiger partial charge < -0.3 is 10.1 Å². The summed E-state index contributed by atoms with van der Waals surface area (Å²) in [5.74, 6) is 0.684. The Kier molecular flexibility index (Phi) is 3.66. The van der Waals surface area contributed by atoms with Gasteiger partial charge in [0.25, 0.3) is 0 Å². The molecule has 2 aromatic rings. The minimum atomic E-state index is 0.374. The van der Waals surface area contributed by atoms with Crippen molar-refractivity contribution in [3.05, 3.63) is 47.2 Å². The summed E-state index contributed by atoms with van der Waals surface area (Å²) in [6.45, 7) is 0. The van der Waals surface area contributed by atoms with Crippen molar-refractivity contribution in [1.29, 1.82) is 5.26 Å². The molecule has 0 amide bonds. The molecule has 0 saturated carbocycles. The van der Waals surface area contributed by atoms with E-state index in [9.17, 15) is 0 Å². The number of hydrogen-bond donors (Lipinski definition) is 1. The van der Waals surface area contributed by atoms with Crippen LogP contribution in [0.1, 0.15) is 5.69 Å². The van der Waals surface area contributed by atoms with E-state index in [1.165, 1.54) is 0 Å². The second-order valence-electron chi connectivity index (χ2n) is 3.51. The maximum Gasteiger partial charge on any atom is 0.142 e. The topological polar surface area (TPSA) is 57.9 Å². The quantitative estimate of drug-likeness (QED) is 0.918. The largest absolute Gasteiger partial charge is 0.495 e.